The Labute approximate surface area is 142 Å². The predicted molar refractivity (Wildman–Crippen MR) is 94.4 cm³/mol. The maximum absolute atomic E-state index is 12.6. The van der Waals surface area contributed by atoms with Crippen molar-refractivity contribution in [3.8, 4) is 5.75 Å². The van der Waals surface area contributed by atoms with Crippen LogP contribution in [0.3, 0.4) is 0 Å². The lowest BCUT2D eigenvalue weighted by atomic mass is 10.1. The Hall–Kier alpha value is -1.46. The highest BCUT2D eigenvalue weighted by Crippen LogP contribution is 2.45. The molecule has 5 heteroatoms. The van der Waals surface area contributed by atoms with Gasteiger partial charge in [-0.1, -0.05) is 28.1 Å². The summed E-state index contributed by atoms with van der Waals surface area (Å²) in [6.07, 6.45) is 0. The Balaban J connectivity index is 1.97. The lowest BCUT2D eigenvalue weighted by Crippen LogP contribution is -2.30. The van der Waals surface area contributed by atoms with Crippen molar-refractivity contribution >= 4 is 39.3 Å². The number of hydrogen-bond acceptors (Lipinski definition) is 3. The van der Waals surface area contributed by atoms with Crippen LogP contribution in [0.25, 0.3) is 0 Å². The van der Waals surface area contributed by atoms with Crippen LogP contribution in [0.1, 0.15) is 17.9 Å². The van der Waals surface area contributed by atoms with Gasteiger partial charge in [0.1, 0.15) is 11.1 Å². The van der Waals surface area contributed by atoms with Gasteiger partial charge in [0.25, 0.3) is 0 Å². The summed E-state index contributed by atoms with van der Waals surface area (Å²) >= 11 is 5.11. The van der Waals surface area contributed by atoms with E-state index in [1.807, 2.05) is 60.4 Å². The molecule has 1 aliphatic rings. The Morgan fingerprint density at radius 3 is 2.32 bits per heavy atom. The molecule has 2 atom stereocenters. The summed E-state index contributed by atoms with van der Waals surface area (Å²) in [6.45, 7) is 1.96. The maximum atomic E-state index is 12.6. The first kappa shape index (κ1) is 15.4. The van der Waals surface area contributed by atoms with Crippen LogP contribution >= 0.6 is 27.7 Å². The van der Waals surface area contributed by atoms with Gasteiger partial charge in [-0.3, -0.25) is 9.69 Å². The van der Waals surface area contributed by atoms with Crippen LogP contribution in [-0.4, -0.2) is 18.3 Å². The molecule has 0 N–H and O–H groups in total. The highest BCUT2D eigenvalue weighted by Gasteiger charge is 2.39. The third kappa shape index (κ3) is 2.88. The van der Waals surface area contributed by atoms with Gasteiger partial charge in [0.2, 0.25) is 5.91 Å². The van der Waals surface area contributed by atoms with E-state index < -0.39 is 0 Å². The molecule has 1 saturated heterocycles. The zero-order valence-corrected chi connectivity index (χ0v) is 14.7. The highest BCUT2D eigenvalue weighted by atomic mass is 79.9. The first-order chi connectivity index (χ1) is 10.6. The Morgan fingerprint density at radius 2 is 1.73 bits per heavy atom. The summed E-state index contributed by atoms with van der Waals surface area (Å²) in [5.74, 6) is 0.967. The third-order valence-corrected chi connectivity index (χ3v) is 5.54. The minimum atomic E-state index is -0.0456. The average Bonchev–Trinajstić information content (AvgIpc) is 2.84. The normalized spacial score (nSPS) is 21.2. The molecule has 0 radical (unpaired) electrons. The first-order valence-electron chi connectivity index (χ1n) is 6.98. The van der Waals surface area contributed by atoms with E-state index in [0.717, 1.165) is 21.5 Å². The zero-order valence-electron chi connectivity index (χ0n) is 12.3. The van der Waals surface area contributed by atoms with Gasteiger partial charge in [0.05, 0.1) is 12.4 Å². The zero-order chi connectivity index (χ0) is 15.7. The Kier molecular flexibility index (Phi) is 4.45. The molecule has 22 heavy (non-hydrogen) atoms. The van der Waals surface area contributed by atoms with Crippen molar-refractivity contribution in [2.75, 3.05) is 12.0 Å². The minimum Gasteiger partial charge on any atom is -0.497 e. The molecule has 2 aromatic rings. The number of amides is 1. The molecule has 0 saturated carbocycles. The van der Waals surface area contributed by atoms with E-state index in [0.29, 0.717) is 0 Å². The standard InChI is InChI=1S/C17H16BrNO2S/c1-11-16(20)19(14-7-5-13(18)6-8-14)17(22-11)12-3-9-15(21-2)10-4-12/h3-11,17H,1-2H3/t11-,17-/m1/s1. The summed E-state index contributed by atoms with van der Waals surface area (Å²) in [5, 5.41) is -0.0506. The second-order valence-electron chi connectivity index (χ2n) is 5.09. The lowest BCUT2D eigenvalue weighted by Gasteiger charge is -2.24. The van der Waals surface area contributed by atoms with Crippen molar-refractivity contribution in [3.63, 3.8) is 0 Å². The first-order valence-corrected chi connectivity index (χ1v) is 8.72. The lowest BCUT2D eigenvalue weighted by molar-refractivity contribution is -0.117. The second kappa shape index (κ2) is 6.34. The van der Waals surface area contributed by atoms with E-state index in [4.69, 9.17) is 4.74 Å². The molecule has 0 aliphatic carbocycles. The summed E-state index contributed by atoms with van der Waals surface area (Å²) in [7, 11) is 1.65. The fourth-order valence-electron chi connectivity index (χ4n) is 2.48. The molecule has 0 aromatic heterocycles. The summed E-state index contributed by atoms with van der Waals surface area (Å²) < 4.78 is 6.21. The molecular formula is C17H16BrNO2S. The van der Waals surface area contributed by atoms with E-state index in [9.17, 15) is 4.79 Å². The second-order valence-corrected chi connectivity index (χ2v) is 7.43. The predicted octanol–water partition coefficient (Wildman–Crippen LogP) is 4.62. The minimum absolute atomic E-state index is 0.00502. The molecule has 1 amide bonds. The van der Waals surface area contributed by atoms with E-state index >= 15 is 0 Å². The van der Waals surface area contributed by atoms with Crippen LogP contribution in [0, 0.1) is 0 Å². The van der Waals surface area contributed by atoms with Gasteiger partial charge in [-0.25, -0.2) is 0 Å². The number of thioether (sulfide) groups is 1. The van der Waals surface area contributed by atoms with Crippen LogP contribution in [0.4, 0.5) is 5.69 Å². The average molecular weight is 378 g/mol. The number of nitrogens with zero attached hydrogens (tertiary/aromatic N) is 1. The number of halogens is 1. The number of ether oxygens (including phenoxy) is 1. The maximum Gasteiger partial charge on any atom is 0.241 e. The van der Waals surface area contributed by atoms with Gasteiger partial charge in [-0.2, -0.15) is 0 Å². The van der Waals surface area contributed by atoms with Gasteiger partial charge >= 0.3 is 0 Å². The molecule has 0 unspecified atom stereocenters. The summed E-state index contributed by atoms with van der Waals surface area (Å²) in [4.78, 5) is 14.4. The van der Waals surface area contributed by atoms with Gasteiger partial charge in [-0.15, -0.1) is 11.8 Å². The molecule has 1 fully saturated rings. The van der Waals surface area contributed by atoms with E-state index in [1.54, 1.807) is 18.9 Å². The van der Waals surface area contributed by atoms with Gasteiger partial charge in [0.15, 0.2) is 0 Å². The van der Waals surface area contributed by atoms with Crippen molar-refractivity contribution in [1.29, 1.82) is 0 Å². The monoisotopic (exact) mass is 377 g/mol. The number of benzene rings is 2. The van der Waals surface area contributed by atoms with Crippen LogP contribution in [0.5, 0.6) is 5.75 Å². The van der Waals surface area contributed by atoms with Crippen LogP contribution in [0.2, 0.25) is 0 Å². The molecule has 2 aromatic carbocycles. The van der Waals surface area contributed by atoms with E-state index in [-0.39, 0.29) is 16.5 Å². The molecule has 0 bridgehead atoms. The topological polar surface area (TPSA) is 29.5 Å². The van der Waals surface area contributed by atoms with E-state index in [1.165, 1.54) is 0 Å². The van der Waals surface area contributed by atoms with E-state index in [2.05, 4.69) is 15.9 Å². The number of hydrogen-bond donors (Lipinski definition) is 0. The van der Waals surface area contributed by atoms with Crippen molar-refractivity contribution in [1.82, 2.24) is 0 Å². The molecule has 0 spiro atoms. The van der Waals surface area contributed by atoms with Gasteiger partial charge < -0.3 is 4.74 Å². The molecular weight excluding hydrogens is 362 g/mol. The fraction of sp³-hybridized carbons (Fsp3) is 0.235. The molecule has 1 aliphatic heterocycles. The fourth-order valence-corrected chi connectivity index (χ4v) is 4.03. The molecule has 1 heterocycles. The van der Waals surface area contributed by atoms with Crippen LogP contribution < -0.4 is 9.64 Å². The Morgan fingerprint density at radius 1 is 1.09 bits per heavy atom. The third-order valence-electron chi connectivity index (χ3n) is 3.66. The summed E-state index contributed by atoms with van der Waals surface area (Å²) in [5.41, 5.74) is 2.03. The van der Waals surface area contributed by atoms with Crippen LogP contribution in [0.15, 0.2) is 53.0 Å². The Bertz CT molecular complexity index is 672. The number of anilines is 1. The molecule has 114 valence electrons. The largest absolute Gasteiger partial charge is 0.497 e. The van der Waals surface area contributed by atoms with Gasteiger partial charge in [0, 0.05) is 10.2 Å². The number of carbonyl (C=O) groups is 1. The van der Waals surface area contributed by atoms with Crippen LogP contribution in [-0.2, 0) is 4.79 Å². The quantitative estimate of drug-likeness (QED) is 0.780. The van der Waals surface area contributed by atoms with Crippen molar-refractivity contribution in [3.05, 3.63) is 58.6 Å². The van der Waals surface area contributed by atoms with Gasteiger partial charge in [-0.05, 0) is 48.9 Å². The summed E-state index contributed by atoms with van der Waals surface area (Å²) in [6, 6.07) is 15.8. The number of rotatable bonds is 3. The highest BCUT2D eigenvalue weighted by molar-refractivity contribution is 9.10. The molecule has 3 nitrogen and oxygen atoms in total. The number of carbonyl (C=O) groups excluding carboxylic acids is 1. The van der Waals surface area contributed by atoms with Crippen molar-refractivity contribution in [2.24, 2.45) is 0 Å². The number of methoxy groups -OCH3 is 1. The van der Waals surface area contributed by atoms with Crippen molar-refractivity contribution < 1.29 is 9.53 Å². The smallest absolute Gasteiger partial charge is 0.241 e. The van der Waals surface area contributed by atoms with Crippen molar-refractivity contribution in [2.45, 2.75) is 17.5 Å². The SMILES string of the molecule is COc1ccc([C@H]2S[C@H](C)C(=O)N2c2ccc(Br)cc2)cc1. The molecule has 3 rings (SSSR count).